The fourth-order valence-corrected chi connectivity index (χ4v) is 2.18. The first-order valence-electron chi connectivity index (χ1n) is 8.49. The first-order chi connectivity index (χ1) is 11.4. The van der Waals surface area contributed by atoms with Gasteiger partial charge in [0, 0.05) is 6.04 Å². The zero-order valence-corrected chi connectivity index (χ0v) is 14.8. The number of nitrogens with two attached hydrogens (primary N) is 1. The first-order valence-corrected chi connectivity index (χ1v) is 8.49. The van der Waals surface area contributed by atoms with E-state index in [1.807, 2.05) is 0 Å². The van der Waals surface area contributed by atoms with Crippen molar-refractivity contribution in [2.75, 3.05) is 13.2 Å². The Labute approximate surface area is 144 Å². The number of halogens is 1. The van der Waals surface area contributed by atoms with Crippen LogP contribution in [0.25, 0.3) is 0 Å². The number of nitrogens with zero attached hydrogens (tertiary/aromatic N) is 1. The van der Waals surface area contributed by atoms with Crippen molar-refractivity contribution in [3.8, 4) is 5.75 Å². The van der Waals surface area contributed by atoms with Crippen LogP contribution < -0.4 is 15.8 Å². The summed E-state index contributed by atoms with van der Waals surface area (Å²) in [5.74, 6) is 1.21. The van der Waals surface area contributed by atoms with Gasteiger partial charge in [-0.1, -0.05) is 26.7 Å². The molecule has 0 saturated heterocycles. The van der Waals surface area contributed by atoms with Crippen molar-refractivity contribution in [1.82, 2.24) is 5.32 Å². The molecule has 0 bridgehead atoms. The van der Waals surface area contributed by atoms with Gasteiger partial charge in [0.1, 0.15) is 24.3 Å². The number of guanidine groups is 1. The summed E-state index contributed by atoms with van der Waals surface area (Å²) in [6, 6.07) is 5.89. The molecule has 0 amide bonds. The van der Waals surface area contributed by atoms with Gasteiger partial charge in [-0.15, -0.1) is 0 Å². The Kier molecular flexibility index (Phi) is 9.15. The number of ether oxygens (including phenoxy) is 1. The number of hydrogen-bond donors (Lipinski definition) is 3. The largest absolute Gasteiger partial charge is 0.491 e. The number of aliphatic imine (C=N–C) groups is 1. The number of aliphatic hydroxyl groups excluding tert-OH is 1. The van der Waals surface area contributed by atoms with Crippen LogP contribution in [0.5, 0.6) is 5.75 Å². The highest BCUT2D eigenvalue weighted by Crippen LogP contribution is 2.11. The molecule has 0 aliphatic heterocycles. The maximum Gasteiger partial charge on any atom is 0.188 e. The topological polar surface area (TPSA) is 79.9 Å². The van der Waals surface area contributed by atoms with E-state index in [9.17, 15) is 9.50 Å². The van der Waals surface area contributed by atoms with Gasteiger partial charge in [-0.05, 0) is 43.5 Å². The molecule has 0 fully saturated rings. The molecule has 5 nitrogen and oxygen atoms in total. The van der Waals surface area contributed by atoms with Gasteiger partial charge in [-0.2, -0.15) is 0 Å². The Balaban J connectivity index is 2.24. The highest BCUT2D eigenvalue weighted by molar-refractivity contribution is 5.78. The molecule has 136 valence electrons. The van der Waals surface area contributed by atoms with Crippen molar-refractivity contribution in [3.05, 3.63) is 30.1 Å². The lowest BCUT2D eigenvalue weighted by atomic mass is 10.0. The van der Waals surface area contributed by atoms with Crippen LogP contribution in [-0.2, 0) is 0 Å². The van der Waals surface area contributed by atoms with Crippen molar-refractivity contribution in [2.24, 2.45) is 16.6 Å². The van der Waals surface area contributed by atoms with Crippen molar-refractivity contribution >= 4 is 5.96 Å². The van der Waals surface area contributed by atoms with E-state index in [1.165, 1.54) is 30.7 Å². The molecule has 2 unspecified atom stereocenters. The van der Waals surface area contributed by atoms with E-state index in [0.29, 0.717) is 17.6 Å². The summed E-state index contributed by atoms with van der Waals surface area (Å²) in [6.07, 6.45) is 2.60. The highest BCUT2D eigenvalue weighted by Gasteiger charge is 2.07. The molecule has 1 aromatic carbocycles. The summed E-state index contributed by atoms with van der Waals surface area (Å²) in [4.78, 5) is 4.13. The van der Waals surface area contributed by atoms with Gasteiger partial charge >= 0.3 is 0 Å². The summed E-state index contributed by atoms with van der Waals surface area (Å²) in [5, 5.41) is 13.0. The summed E-state index contributed by atoms with van der Waals surface area (Å²) < 4.78 is 18.1. The molecule has 0 aliphatic rings. The Bertz CT molecular complexity index is 492. The standard InChI is InChI=1S/C18H30FN3O2/c1-13(2)5-4-6-14(3)22-18(20)21-11-16(23)12-24-17-9-7-15(19)8-10-17/h7-10,13-14,16,23H,4-6,11-12H2,1-3H3,(H3,20,21,22). The van der Waals surface area contributed by atoms with Crippen molar-refractivity contribution in [2.45, 2.75) is 52.2 Å². The zero-order chi connectivity index (χ0) is 17.9. The van der Waals surface area contributed by atoms with E-state index in [2.05, 4.69) is 31.1 Å². The fourth-order valence-electron chi connectivity index (χ4n) is 2.18. The molecular formula is C18H30FN3O2. The maximum atomic E-state index is 12.8. The van der Waals surface area contributed by atoms with Gasteiger partial charge < -0.3 is 20.9 Å². The number of aliphatic hydroxyl groups is 1. The van der Waals surface area contributed by atoms with E-state index in [-0.39, 0.29) is 25.0 Å². The smallest absolute Gasteiger partial charge is 0.188 e. The van der Waals surface area contributed by atoms with E-state index in [1.54, 1.807) is 0 Å². The molecule has 1 aromatic rings. The van der Waals surface area contributed by atoms with E-state index in [0.717, 1.165) is 12.8 Å². The van der Waals surface area contributed by atoms with Gasteiger partial charge in [0.15, 0.2) is 5.96 Å². The average Bonchev–Trinajstić information content (AvgIpc) is 2.52. The minimum atomic E-state index is -0.772. The molecular weight excluding hydrogens is 309 g/mol. The number of hydrogen-bond acceptors (Lipinski definition) is 3. The average molecular weight is 339 g/mol. The van der Waals surface area contributed by atoms with Crippen LogP contribution in [0.3, 0.4) is 0 Å². The van der Waals surface area contributed by atoms with E-state index < -0.39 is 6.10 Å². The third-order valence-corrected chi connectivity index (χ3v) is 3.54. The zero-order valence-electron chi connectivity index (χ0n) is 14.8. The third-order valence-electron chi connectivity index (χ3n) is 3.54. The Hall–Kier alpha value is -1.82. The third kappa shape index (κ3) is 9.35. The van der Waals surface area contributed by atoms with Crippen LogP contribution in [-0.4, -0.2) is 36.4 Å². The quantitative estimate of drug-likeness (QED) is 0.452. The number of rotatable bonds is 10. The van der Waals surface area contributed by atoms with Crippen LogP contribution in [0.15, 0.2) is 29.3 Å². The Morgan fingerprint density at radius 1 is 1.25 bits per heavy atom. The number of benzene rings is 1. The predicted octanol–water partition coefficient (Wildman–Crippen LogP) is 2.68. The maximum absolute atomic E-state index is 12.8. The van der Waals surface area contributed by atoms with Crippen LogP contribution in [0.2, 0.25) is 0 Å². The van der Waals surface area contributed by atoms with Gasteiger partial charge in [0.2, 0.25) is 0 Å². The summed E-state index contributed by atoms with van der Waals surface area (Å²) in [5.41, 5.74) is 5.82. The first kappa shape index (κ1) is 20.2. The molecule has 24 heavy (non-hydrogen) atoms. The molecule has 6 heteroatoms. The summed E-state index contributed by atoms with van der Waals surface area (Å²) in [6.45, 7) is 6.72. The Morgan fingerprint density at radius 2 is 1.92 bits per heavy atom. The molecule has 0 saturated carbocycles. The second kappa shape index (κ2) is 10.9. The lowest BCUT2D eigenvalue weighted by Gasteiger charge is -2.16. The molecule has 4 N–H and O–H groups in total. The number of nitrogens with one attached hydrogen (secondary N) is 1. The minimum Gasteiger partial charge on any atom is -0.491 e. The predicted molar refractivity (Wildman–Crippen MR) is 95.7 cm³/mol. The molecule has 0 radical (unpaired) electrons. The van der Waals surface area contributed by atoms with Crippen molar-refractivity contribution in [1.29, 1.82) is 0 Å². The molecule has 0 aromatic heterocycles. The highest BCUT2D eigenvalue weighted by atomic mass is 19.1. The van der Waals surface area contributed by atoms with Crippen LogP contribution >= 0.6 is 0 Å². The normalized spacial score (nSPS) is 14.5. The van der Waals surface area contributed by atoms with Crippen LogP contribution in [0.1, 0.15) is 40.0 Å². The monoisotopic (exact) mass is 339 g/mol. The van der Waals surface area contributed by atoms with Gasteiger partial charge in [0.25, 0.3) is 0 Å². The van der Waals surface area contributed by atoms with E-state index >= 15 is 0 Å². The molecule has 0 aliphatic carbocycles. The van der Waals surface area contributed by atoms with Crippen LogP contribution in [0, 0.1) is 11.7 Å². The summed E-state index contributed by atoms with van der Waals surface area (Å²) >= 11 is 0. The Morgan fingerprint density at radius 3 is 2.54 bits per heavy atom. The SMILES string of the molecule is CC(C)CCCC(C)NC(N)=NCC(O)COc1ccc(F)cc1. The minimum absolute atomic E-state index is 0.0757. The van der Waals surface area contributed by atoms with Gasteiger partial charge in [0.05, 0.1) is 6.54 Å². The molecule has 1 rings (SSSR count). The van der Waals surface area contributed by atoms with Gasteiger partial charge in [-0.3, -0.25) is 4.99 Å². The summed E-state index contributed by atoms with van der Waals surface area (Å²) in [7, 11) is 0. The molecule has 0 spiro atoms. The fraction of sp³-hybridized carbons (Fsp3) is 0.611. The second-order valence-corrected chi connectivity index (χ2v) is 6.51. The van der Waals surface area contributed by atoms with Gasteiger partial charge in [-0.25, -0.2) is 4.39 Å². The van der Waals surface area contributed by atoms with Crippen LogP contribution in [0.4, 0.5) is 4.39 Å². The van der Waals surface area contributed by atoms with Crippen molar-refractivity contribution in [3.63, 3.8) is 0 Å². The molecule has 2 atom stereocenters. The van der Waals surface area contributed by atoms with E-state index in [4.69, 9.17) is 10.5 Å². The lowest BCUT2D eigenvalue weighted by Crippen LogP contribution is -2.39. The van der Waals surface area contributed by atoms with Crippen molar-refractivity contribution < 1.29 is 14.2 Å². The second-order valence-electron chi connectivity index (χ2n) is 6.51. The molecule has 0 heterocycles. The lowest BCUT2D eigenvalue weighted by molar-refractivity contribution is 0.114.